The molecule has 0 aliphatic rings. The van der Waals surface area contributed by atoms with Crippen molar-refractivity contribution in [3.63, 3.8) is 0 Å². The second-order valence-electron chi connectivity index (χ2n) is 4.61. The van der Waals surface area contributed by atoms with E-state index >= 15 is 0 Å². The first-order valence-electron chi connectivity index (χ1n) is 6.73. The van der Waals surface area contributed by atoms with E-state index in [1.165, 1.54) is 6.07 Å². The summed E-state index contributed by atoms with van der Waals surface area (Å²) in [5.41, 5.74) is 0.667. The molecule has 1 atom stereocenters. The number of amides is 1. The molecule has 0 aliphatic heterocycles. The largest absolute Gasteiger partial charge is 0.479 e. The summed E-state index contributed by atoms with van der Waals surface area (Å²) in [6.07, 6.45) is 1.65. The molecule has 1 aromatic heterocycles. The summed E-state index contributed by atoms with van der Waals surface area (Å²) in [6.45, 7) is 0.995. The first-order valence-corrected chi connectivity index (χ1v) is 6.73. The Morgan fingerprint density at radius 2 is 2.05 bits per heavy atom. The lowest BCUT2D eigenvalue weighted by molar-refractivity contribution is -0.139. The molecule has 2 aromatic rings. The summed E-state index contributed by atoms with van der Waals surface area (Å²) in [5, 5.41) is 15.8. The number of carboxylic acids is 1. The molecule has 1 heterocycles. The lowest BCUT2D eigenvalue weighted by atomic mass is 10.1. The Morgan fingerprint density at radius 3 is 2.68 bits per heavy atom. The quantitative estimate of drug-likeness (QED) is 0.798. The Hall–Kier alpha value is -2.67. The minimum absolute atomic E-state index is 0.165. The number of aromatic nitrogens is 2. The Bertz CT molecular complexity index is 639. The summed E-state index contributed by atoms with van der Waals surface area (Å²) in [6, 6.07) is 8.94. The highest BCUT2D eigenvalue weighted by Crippen LogP contribution is 2.13. The van der Waals surface area contributed by atoms with Gasteiger partial charge < -0.3 is 15.2 Å². The third-order valence-electron chi connectivity index (χ3n) is 3.05. The second kappa shape index (κ2) is 7.37. The fourth-order valence-corrected chi connectivity index (χ4v) is 1.93. The van der Waals surface area contributed by atoms with Crippen molar-refractivity contribution in [1.82, 2.24) is 15.1 Å². The molecule has 1 amide bonds. The van der Waals surface area contributed by atoms with Gasteiger partial charge in [0.1, 0.15) is 5.69 Å². The van der Waals surface area contributed by atoms with Crippen LogP contribution in [0.4, 0.5) is 0 Å². The van der Waals surface area contributed by atoms with Crippen molar-refractivity contribution in [3.05, 3.63) is 53.9 Å². The molecule has 116 valence electrons. The van der Waals surface area contributed by atoms with Crippen LogP contribution in [0.25, 0.3) is 0 Å². The average molecular weight is 303 g/mol. The zero-order valence-electron chi connectivity index (χ0n) is 12.1. The number of hydrogen-bond donors (Lipinski definition) is 2. The van der Waals surface area contributed by atoms with Crippen molar-refractivity contribution in [2.45, 2.75) is 12.6 Å². The number of nitrogens with zero attached hydrogens (tertiary/aromatic N) is 2. The maximum Gasteiger partial charge on any atom is 0.330 e. The monoisotopic (exact) mass is 303 g/mol. The van der Waals surface area contributed by atoms with Crippen molar-refractivity contribution in [3.8, 4) is 0 Å². The van der Waals surface area contributed by atoms with E-state index < -0.39 is 17.9 Å². The Kier molecular flexibility index (Phi) is 5.26. The van der Waals surface area contributed by atoms with Crippen molar-refractivity contribution in [2.24, 2.45) is 0 Å². The summed E-state index contributed by atoms with van der Waals surface area (Å²) in [4.78, 5) is 23.5. The van der Waals surface area contributed by atoms with Crippen LogP contribution in [0.5, 0.6) is 0 Å². The minimum Gasteiger partial charge on any atom is -0.479 e. The number of methoxy groups -OCH3 is 1. The molecule has 0 bridgehead atoms. The molecule has 0 saturated carbocycles. The van der Waals surface area contributed by atoms with E-state index in [9.17, 15) is 14.7 Å². The van der Waals surface area contributed by atoms with Crippen LogP contribution in [0.3, 0.4) is 0 Å². The number of hydrogen-bond acceptors (Lipinski definition) is 4. The van der Waals surface area contributed by atoms with Gasteiger partial charge in [0.15, 0.2) is 6.04 Å². The van der Waals surface area contributed by atoms with Gasteiger partial charge in [-0.1, -0.05) is 30.3 Å². The van der Waals surface area contributed by atoms with Gasteiger partial charge in [0, 0.05) is 13.3 Å². The van der Waals surface area contributed by atoms with Gasteiger partial charge in [0.2, 0.25) is 0 Å². The molecule has 0 spiro atoms. The molecule has 0 saturated heterocycles. The molecule has 0 fully saturated rings. The van der Waals surface area contributed by atoms with E-state index in [1.54, 1.807) is 48.3 Å². The van der Waals surface area contributed by atoms with Gasteiger partial charge in [0.05, 0.1) is 13.2 Å². The fourth-order valence-electron chi connectivity index (χ4n) is 1.93. The molecule has 2 rings (SSSR count). The molecular formula is C15H17N3O4. The van der Waals surface area contributed by atoms with Gasteiger partial charge in [-0.25, -0.2) is 4.79 Å². The molecule has 2 N–H and O–H groups in total. The van der Waals surface area contributed by atoms with E-state index in [0.29, 0.717) is 18.7 Å². The van der Waals surface area contributed by atoms with Gasteiger partial charge in [-0.05, 0) is 11.6 Å². The highest BCUT2D eigenvalue weighted by atomic mass is 16.5. The molecule has 22 heavy (non-hydrogen) atoms. The summed E-state index contributed by atoms with van der Waals surface area (Å²) < 4.78 is 6.50. The first-order chi connectivity index (χ1) is 10.6. The SMILES string of the molecule is COCCn1ccc(C(=O)N[C@@H](C(=O)O)c2ccccc2)n1. The Balaban J connectivity index is 2.08. The number of benzene rings is 1. The lowest BCUT2D eigenvalue weighted by Gasteiger charge is -2.13. The standard InChI is InChI=1S/C15H17N3O4/c1-22-10-9-18-8-7-12(17-18)14(19)16-13(15(20)21)11-5-3-2-4-6-11/h2-8,13H,9-10H2,1H3,(H,16,19)(H,20,21)/t13-/m1/s1. The van der Waals surface area contributed by atoms with Crippen molar-refractivity contribution >= 4 is 11.9 Å². The van der Waals surface area contributed by atoms with Crippen LogP contribution in [-0.4, -0.2) is 40.5 Å². The normalized spacial score (nSPS) is 11.9. The van der Waals surface area contributed by atoms with E-state index in [-0.39, 0.29) is 5.69 Å². The molecule has 0 radical (unpaired) electrons. The summed E-state index contributed by atoms with van der Waals surface area (Å²) in [5.74, 6) is -1.66. The van der Waals surface area contributed by atoms with Gasteiger partial charge in [-0.15, -0.1) is 0 Å². The predicted octanol–water partition coefficient (Wildman–Crippen LogP) is 1.09. The van der Waals surface area contributed by atoms with Crippen LogP contribution in [0, 0.1) is 0 Å². The van der Waals surface area contributed by atoms with Crippen LogP contribution >= 0.6 is 0 Å². The second-order valence-corrected chi connectivity index (χ2v) is 4.61. The predicted molar refractivity (Wildman–Crippen MR) is 78.4 cm³/mol. The molecular weight excluding hydrogens is 286 g/mol. The lowest BCUT2D eigenvalue weighted by Crippen LogP contribution is -2.34. The van der Waals surface area contributed by atoms with Gasteiger partial charge in [-0.3, -0.25) is 9.48 Å². The van der Waals surface area contributed by atoms with E-state index in [1.807, 2.05) is 0 Å². The molecule has 7 heteroatoms. The highest BCUT2D eigenvalue weighted by molar-refractivity contribution is 5.95. The van der Waals surface area contributed by atoms with E-state index in [4.69, 9.17) is 4.74 Å². The third kappa shape index (κ3) is 3.92. The van der Waals surface area contributed by atoms with Crippen molar-refractivity contribution in [1.29, 1.82) is 0 Å². The van der Waals surface area contributed by atoms with Crippen molar-refractivity contribution in [2.75, 3.05) is 13.7 Å². The maximum absolute atomic E-state index is 12.1. The number of carbonyl (C=O) groups is 2. The first kappa shape index (κ1) is 15.7. The summed E-state index contributed by atoms with van der Waals surface area (Å²) in [7, 11) is 1.58. The number of ether oxygens (including phenoxy) is 1. The number of carbonyl (C=O) groups excluding carboxylic acids is 1. The number of rotatable bonds is 7. The van der Waals surface area contributed by atoms with Crippen LogP contribution in [0.2, 0.25) is 0 Å². The molecule has 7 nitrogen and oxygen atoms in total. The minimum atomic E-state index is -1.13. The van der Waals surface area contributed by atoms with Crippen LogP contribution < -0.4 is 5.32 Å². The zero-order valence-corrected chi connectivity index (χ0v) is 12.1. The smallest absolute Gasteiger partial charge is 0.330 e. The number of carboxylic acid groups (broad SMARTS) is 1. The fraction of sp³-hybridized carbons (Fsp3) is 0.267. The molecule has 0 unspecified atom stereocenters. The van der Waals surface area contributed by atoms with E-state index in [0.717, 1.165) is 0 Å². The third-order valence-corrected chi connectivity index (χ3v) is 3.05. The van der Waals surface area contributed by atoms with Gasteiger partial charge >= 0.3 is 5.97 Å². The Labute approximate surface area is 127 Å². The molecule has 1 aromatic carbocycles. The topological polar surface area (TPSA) is 93.5 Å². The zero-order chi connectivity index (χ0) is 15.9. The summed E-state index contributed by atoms with van der Waals surface area (Å²) >= 11 is 0. The van der Waals surface area contributed by atoms with Crippen molar-refractivity contribution < 1.29 is 19.4 Å². The molecule has 0 aliphatic carbocycles. The van der Waals surface area contributed by atoms with Crippen LogP contribution in [-0.2, 0) is 16.1 Å². The Morgan fingerprint density at radius 1 is 1.32 bits per heavy atom. The number of aliphatic carboxylic acids is 1. The van der Waals surface area contributed by atoms with Gasteiger partial charge in [0.25, 0.3) is 5.91 Å². The average Bonchev–Trinajstić information content (AvgIpc) is 3.00. The highest BCUT2D eigenvalue weighted by Gasteiger charge is 2.23. The van der Waals surface area contributed by atoms with E-state index in [2.05, 4.69) is 10.4 Å². The van der Waals surface area contributed by atoms with Crippen LogP contribution in [0.1, 0.15) is 22.1 Å². The number of nitrogens with one attached hydrogen (secondary N) is 1. The van der Waals surface area contributed by atoms with Crippen LogP contribution in [0.15, 0.2) is 42.6 Å². The maximum atomic E-state index is 12.1. The van der Waals surface area contributed by atoms with Gasteiger partial charge in [-0.2, -0.15) is 5.10 Å².